The highest BCUT2D eigenvalue weighted by Crippen LogP contribution is 2.25. The smallest absolute Gasteiger partial charge is 0.149 e. The van der Waals surface area contributed by atoms with E-state index >= 15 is 0 Å². The molecule has 0 bridgehead atoms. The lowest BCUT2D eigenvalue weighted by atomic mass is 10.0. The molecule has 2 nitrogen and oxygen atoms in total. The van der Waals surface area contributed by atoms with Gasteiger partial charge in [0.25, 0.3) is 0 Å². The molecule has 15 heavy (non-hydrogen) atoms. The molecule has 2 aliphatic rings. The molecule has 0 unspecified atom stereocenters. The Kier molecular flexibility index (Phi) is 4.18. The lowest BCUT2D eigenvalue weighted by Gasteiger charge is -2.20. The van der Waals surface area contributed by atoms with Crippen LogP contribution in [0.5, 0.6) is 0 Å². The van der Waals surface area contributed by atoms with Gasteiger partial charge in [-0.15, -0.1) is 0 Å². The Labute approximate surface area is 93.0 Å². The summed E-state index contributed by atoms with van der Waals surface area (Å²) in [7, 11) is 0. The van der Waals surface area contributed by atoms with Crippen molar-refractivity contribution < 1.29 is 4.79 Å². The fourth-order valence-electron chi connectivity index (χ4n) is 2.89. The van der Waals surface area contributed by atoms with E-state index in [9.17, 15) is 4.79 Å². The third kappa shape index (κ3) is 3.30. The Morgan fingerprint density at radius 3 is 2.13 bits per heavy atom. The number of carbonyl (C=O) groups excluding carboxylic acids is 1. The average Bonchev–Trinajstić information content (AvgIpc) is 2.65. The second-order valence-corrected chi connectivity index (χ2v) is 5.14. The Hall–Kier alpha value is -0.370. The van der Waals surface area contributed by atoms with Crippen LogP contribution in [0.25, 0.3) is 0 Å². The van der Waals surface area contributed by atoms with E-state index in [4.69, 9.17) is 0 Å². The van der Waals surface area contributed by atoms with Crippen LogP contribution < -0.4 is 0 Å². The first-order valence-corrected chi connectivity index (χ1v) is 6.61. The maximum absolute atomic E-state index is 12.0. The minimum absolute atomic E-state index is 0.410. The van der Waals surface area contributed by atoms with Crippen LogP contribution in [0.15, 0.2) is 0 Å². The van der Waals surface area contributed by atoms with E-state index in [1.165, 1.54) is 38.5 Å². The molecular weight excluding hydrogens is 186 g/mol. The highest BCUT2D eigenvalue weighted by Gasteiger charge is 2.24. The van der Waals surface area contributed by atoms with Crippen molar-refractivity contribution in [2.24, 2.45) is 5.92 Å². The number of ketones is 1. The van der Waals surface area contributed by atoms with Gasteiger partial charge in [0.1, 0.15) is 5.78 Å². The van der Waals surface area contributed by atoms with Gasteiger partial charge in [0.15, 0.2) is 0 Å². The van der Waals surface area contributed by atoms with Crippen molar-refractivity contribution in [3.63, 3.8) is 0 Å². The Balaban J connectivity index is 1.76. The highest BCUT2D eigenvalue weighted by atomic mass is 16.1. The van der Waals surface area contributed by atoms with Crippen LogP contribution in [0.1, 0.15) is 51.4 Å². The van der Waals surface area contributed by atoms with Crippen molar-refractivity contribution >= 4 is 5.78 Å². The minimum Gasteiger partial charge on any atom is -0.298 e. The molecule has 1 saturated heterocycles. The van der Waals surface area contributed by atoms with E-state index in [-0.39, 0.29) is 0 Å². The predicted molar refractivity (Wildman–Crippen MR) is 61.9 cm³/mol. The molecule has 0 aromatic heterocycles. The SMILES string of the molecule is O=C(CN1CCCCCC1)C1CCCC1. The van der Waals surface area contributed by atoms with E-state index in [2.05, 4.69) is 4.90 Å². The third-order valence-electron chi connectivity index (χ3n) is 3.89. The van der Waals surface area contributed by atoms with Crippen molar-refractivity contribution in [1.82, 2.24) is 4.90 Å². The molecular formula is C13H23NO. The molecule has 86 valence electrons. The molecule has 2 heteroatoms. The molecule has 0 amide bonds. The Morgan fingerprint density at radius 1 is 0.933 bits per heavy atom. The first kappa shape index (κ1) is 11.1. The summed E-state index contributed by atoms with van der Waals surface area (Å²) in [5, 5.41) is 0. The van der Waals surface area contributed by atoms with Crippen molar-refractivity contribution in [3.8, 4) is 0 Å². The van der Waals surface area contributed by atoms with Gasteiger partial charge in [-0.3, -0.25) is 9.69 Å². The van der Waals surface area contributed by atoms with Crippen LogP contribution in [-0.2, 0) is 4.79 Å². The van der Waals surface area contributed by atoms with E-state index in [0.29, 0.717) is 11.7 Å². The molecule has 2 rings (SSSR count). The molecule has 1 heterocycles. The zero-order chi connectivity index (χ0) is 10.5. The summed E-state index contributed by atoms with van der Waals surface area (Å²) in [6.45, 7) is 3.04. The summed E-state index contributed by atoms with van der Waals surface area (Å²) in [6.07, 6.45) is 10.2. The Bertz CT molecular complexity index is 201. The molecule has 0 radical (unpaired) electrons. The maximum Gasteiger partial charge on any atom is 0.149 e. The fraction of sp³-hybridized carbons (Fsp3) is 0.923. The summed E-state index contributed by atoms with van der Waals surface area (Å²) in [5.74, 6) is 0.933. The van der Waals surface area contributed by atoms with Crippen molar-refractivity contribution in [3.05, 3.63) is 0 Å². The van der Waals surface area contributed by atoms with E-state index < -0.39 is 0 Å². The second-order valence-electron chi connectivity index (χ2n) is 5.14. The molecule has 1 aliphatic heterocycles. The molecule has 0 aromatic rings. The van der Waals surface area contributed by atoms with Crippen molar-refractivity contribution in [1.29, 1.82) is 0 Å². The molecule has 0 aromatic carbocycles. The van der Waals surface area contributed by atoms with Crippen molar-refractivity contribution in [2.75, 3.05) is 19.6 Å². The first-order valence-electron chi connectivity index (χ1n) is 6.61. The van der Waals surface area contributed by atoms with Gasteiger partial charge in [-0.2, -0.15) is 0 Å². The zero-order valence-electron chi connectivity index (χ0n) is 9.71. The molecule has 0 N–H and O–H groups in total. The molecule has 2 fully saturated rings. The van der Waals surface area contributed by atoms with Crippen LogP contribution in [-0.4, -0.2) is 30.3 Å². The van der Waals surface area contributed by atoms with Gasteiger partial charge in [-0.1, -0.05) is 25.7 Å². The number of hydrogen-bond acceptors (Lipinski definition) is 2. The third-order valence-corrected chi connectivity index (χ3v) is 3.89. The van der Waals surface area contributed by atoms with Gasteiger partial charge in [0.2, 0.25) is 0 Å². The van der Waals surface area contributed by atoms with Crippen molar-refractivity contribution in [2.45, 2.75) is 51.4 Å². The lowest BCUT2D eigenvalue weighted by molar-refractivity contribution is -0.123. The summed E-state index contributed by atoms with van der Waals surface area (Å²) in [6, 6.07) is 0. The highest BCUT2D eigenvalue weighted by molar-refractivity contribution is 5.83. The first-order chi connectivity index (χ1) is 7.36. The van der Waals surface area contributed by atoms with Crippen LogP contribution in [0, 0.1) is 5.92 Å². The monoisotopic (exact) mass is 209 g/mol. The Morgan fingerprint density at radius 2 is 1.53 bits per heavy atom. The molecule has 0 spiro atoms. The zero-order valence-corrected chi connectivity index (χ0v) is 9.71. The number of likely N-dealkylation sites (tertiary alicyclic amines) is 1. The minimum atomic E-state index is 0.410. The van der Waals surface area contributed by atoms with E-state index in [1.807, 2.05) is 0 Å². The van der Waals surface area contributed by atoms with Gasteiger partial charge in [0, 0.05) is 5.92 Å². The molecule has 1 saturated carbocycles. The number of hydrogen-bond donors (Lipinski definition) is 0. The van der Waals surface area contributed by atoms with Gasteiger partial charge in [-0.05, 0) is 38.8 Å². The van der Waals surface area contributed by atoms with Gasteiger partial charge in [-0.25, -0.2) is 0 Å². The average molecular weight is 209 g/mol. The van der Waals surface area contributed by atoms with Crippen LogP contribution >= 0.6 is 0 Å². The largest absolute Gasteiger partial charge is 0.298 e. The second kappa shape index (κ2) is 5.64. The summed E-state index contributed by atoms with van der Waals surface area (Å²) in [5.41, 5.74) is 0. The topological polar surface area (TPSA) is 20.3 Å². The molecule has 0 atom stereocenters. The van der Waals surface area contributed by atoms with Crippen LogP contribution in [0.3, 0.4) is 0 Å². The molecule has 1 aliphatic carbocycles. The maximum atomic E-state index is 12.0. The standard InChI is InChI=1S/C13H23NO/c15-13(12-7-3-4-8-12)11-14-9-5-1-2-6-10-14/h12H,1-11H2. The summed E-state index contributed by atoms with van der Waals surface area (Å²) in [4.78, 5) is 14.4. The lowest BCUT2D eigenvalue weighted by Crippen LogP contribution is -2.33. The fourth-order valence-corrected chi connectivity index (χ4v) is 2.89. The predicted octanol–water partition coefficient (Wildman–Crippen LogP) is 2.62. The number of nitrogens with zero attached hydrogens (tertiary/aromatic N) is 1. The van der Waals surface area contributed by atoms with Crippen LogP contribution in [0.4, 0.5) is 0 Å². The van der Waals surface area contributed by atoms with Gasteiger partial charge >= 0.3 is 0 Å². The van der Waals surface area contributed by atoms with Crippen LogP contribution in [0.2, 0.25) is 0 Å². The quantitative estimate of drug-likeness (QED) is 0.712. The number of Topliss-reactive ketones (excluding diaryl/α,β-unsaturated/α-hetero) is 1. The van der Waals surface area contributed by atoms with Gasteiger partial charge in [0.05, 0.1) is 6.54 Å². The summed E-state index contributed by atoms with van der Waals surface area (Å²) < 4.78 is 0. The number of rotatable bonds is 3. The van der Waals surface area contributed by atoms with Gasteiger partial charge < -0.3 is 0 Å². The number of carbonyl (C=O) groups is 1. The normalized spacial score (nSPS) is 25.3. The summed E-state index contributed by atoms with van der Waals surface area (Å²) >= 11 is 0. The van der Waals surface area contributed by atoms with E-state index in [0.717, 1.165) is 32.5 Å². The van der Waals surface area contributed by atoms with E-state index in [1.54, 1.807) is 0 Å².